The van der Waals surface area contributed by atoms with Gasteiger partial charge in [-0.15, -0.1) is 11.3 Å². The molecule has 20 heavy (non-hydrogen) atoms. The molecule has 1 aromatic carbocycles. The molecule has 1 heterocycles. The summed E-state index contributed by atoms with van der Waals surface area (Å²) < 4.78 is 26.5. The number of hydrogen-bond acceptors (Lipinski definition) is 3. The fourth-order valence-electron chi connectivity index (χ4n) is 2.10. The second-order valence-electron chi connectivity index (χ2n) is 4.77. The molecule has 1 atom stereocenters. The van der Waals surface area contributed by atoms with E-state index in [4.69, 9.17) is 0 Å². The summed E-state index contributed by atoms with van der Waals surface area (Å²) in [5, 5.41) is 4.41. The monoisotopic (exact) mass is 296 g/mol. The molecule has 0 aliphatic heterocycles. The van der Waals surface area contributed by atoms with Crippen molar-refractivity contribution in [1.82, 2.24) is 10.3 Å². The van der Waals surface area contributed by atoms with Gasteiger partial charge in [-0.1, -0.05) is 6.92 Å². The molecule has 0 fully saturated rings. The maximum Gasteiger partial charge on any atom is 0.126 e. The molecule has 0 amide bonds. The molecule has 1 unspecified atom stereocenters. The third-order valence-corrected chi connectivity index (χ3v) is 4.01. The summed E-state index contributed by atoms with van der Waals surface area (Å²) >= 11 is 1.61. The summed E-state index contributed by atoms with van der Waals surface area (Å²) in [6.45, 7) is 4.90. The van der Waals surface area contributed by atoms with E-state index < -0.39 is 11.6 Å². The molecular formula is C15H18F2N2S. The Morgan fingerprint density at radius 1 is 1.25 bits per heavy atom. The van der Waals surface area contributed by atoms with Crippen molar-refractivity contribution in [3.63, 3.8) is 0 Å². The minimum Gasteiger partial charge on any atom is -0.309 e. The number of hydrogen-bond donors (Lipinski definition) is 1. The van der Waals surface area contributed by atoms with Crippen LogP contribution < -0.4 is 5.32 Å². The van der Waals surface area contributed by atoms with Crippen molar-refractivity contribution in [2.45, 2.75) is 32.7 Å². The fourth-order valence-corrected chi connectivity index (χ4v) is 2.96. The number of rotatable bonds is 6. The first-order chi connectivity index (χ1) is 9.58. The van der Waals surface area contributed by atoms with E-state index in [-0.39, 0.29) is 6.04 Å². The fraction of sp³-hybridized carbons (Fsp3) is 0.400. The van der Waals surface area contributed by atoms with Gasteiger partial charge < -0.3 is 5.32 Å². The summed E-state index contributed by atoms with van der Waals surface area (Å²) in [4.78, 5) is 5.35. The van der Waals surface area contributed by atoms with Crippen LogP contribution in [0.25, 0.3) is 0 Å². The van der Waals surface area contributed by atoms with Crippen molar-refractivity contribution < 1.29 is 8.78 Å². The average molecular weight is 296 g/mol. The van der Waals surface area contributed by atoms with Crippen molar-refractivity contribution in [2.24, 2.45) is 0 Å². The summed E-state index contributed by atoms with van der Waals surface area (Å²) in [7, 11) is 0. The highest BCUT2D eigenvalue weighted by atomic mass is 32.1. The second-order valence-corrected chi connectivity index (χ2v) is 6.04. The van der Waals surface area contributed by atoms with Crippen LogP contribution in [0.1, 0.15) is 34.8 Å². The maximum absolute atomic E-state index is 13.3. The maximum atomic E-state index is 13.3. The van der Waals surface area contributed by atoms with E-state index in [1.54, 1.807) is 11.3 Å². The van der Waals surface area contributed by atoms with Crippen LogP contribution in [0.4, 0.5) is 8.78 Å². The lowest BCUT2D eigenvalue weighted by Gasteiger charge is -2.17. The van der Waals surface area contributed by atoms with Crippen molar-refractivity contribution >= 4 is 11.3 Å². The molecule has 0 saturated carbocycles. The van der Waals surface area contributed by atoms with E-state index >= 15 is 0 Å². The van der Waals surface area contributed by atoms with E-state index in [2.05, 4.69) is 17.2 Å². The Hall–Kier alpha value is -1.33. The standard InChI is InChI=1S/C15H18F2N2S/c1-3-4-18-14(15-9-19-10(2)20-15)7-11-5-12(16)8-13(17)6-11/h5-6,8-9,14,18H,3-4,7H2,1-2H3. The number of nitrogens with one attached hydrogen (secondary N) is 1. The molecule has 0 saturated heterocycles. The summed E-state index contributed by atoms with van der Waals surface area (Å²) in [5.41, 5.74) is 0.655. The first-order valence-corrected chi connectivity index (χ1v) is 7.51. The Morgan fingerprint density at radius 2 is 1.95 bits per heavy atom. The third kappa shape index (κ3) is 4.08. The van der Waals surface area contributed by atoms with Crippen molar-refractivity contribution in [3.8, 4) is 0 Å². The minimum atomic E-state index is -0.533. The van der Waals surface area contributed by atoms with Crippen LogP contribution in [-0.2, 0) is 6.42 Å². The van der Waals surface area contributed by atoms with Gasteiger partial charge in [0.15, 0.2) is 0 Å². The van der Waals surface area contributed by atoms with Gasteiger partial charge >= 0.3 is 0 Å². The van der Waals surface area contributed by atoms with Gasteiger partial charge in [0.25, 0.3) is 0 Å². The topological polar surface area (TPSA) is 24.9 Å². The molecule has 2 rings (SSSR count). The Kier molecular flexibility index (Phi) is 5.20. The number of aryl methyl sites for hydroxylation is 1. The molecule has 0 spiro atoms. The number of aromatic nitrogens is 1. The zero-order valence-electron chi connectivity index (χ0n) is 11.6. The summed E-state index contributed by atoms with van der Waals surface area (Å²) in [6.07, 6.45) is 3.39. The highest BCUT2D eigenvalue weighted by molar-refractivity contribution is 7.11. The molecule has 2 nitrogen and oxygen atoms in total. The number of thiazole rings is 1. The van der Waals surface area contributed by atoms with Gasteiger partial charge in [0.05, 0.1) is 5.01 Å². The Labute approximate surface area is 121 Å². The van der Waals surface area contributed by atoms with Crippen LogP contribution in [0.15, 0.2) is 24.4 Å². The van der Waals surface area contributed by atoms with E-state index in [0.717, 1.165) is 28.9 Å². The van der Waals surface area contributed by atoms with E-state index in [1.807, 2.05) is 13.1 Å². The second kappa shape index (κ2) is 6.90. The SMILES string of the molecule is CCCNC(Cc1cc(F)cc(F)c1)c1cnc(C)s1. The van der Waals surface area contributed by atoms with Gasteiger partial charge in [-0.25, -0.2) is 13.8 Å². The zero-order valence-corrected chi connectivity index (χ0v) is 12.4. The van der Waals surface area contributed by atoms with Gasteiger partial charge in [0.2, 0.25) is 0 Å². The van der Waals surface area contributed by atoms with Crippen LogP contribution in [0.2, 0.25) is 0 Å². The minimum absolute atomic E-state index is 0.0438. The average Bonchev–Trinajstić information content (AvgIpc) is 2.80. The number of benzene rings is 1. The summed E-state index contributed by atoms with van der Waals surface area (Å²) in [5.74, 6) is -1.07. The molecular weight excluding hydrogens is 278 g/mol. The third-order valence-electron chi connectivity index (χ3n) is 2.99. The molecule has 0 radical (unpaired) electrons. The van der Waals surface area contributed by atoms with Crippen LogP contribution in [0.3, 0.4) is 0 Å². The quantitative estimate of drug-likeness (QED) is 0.871. The Balaban J connectivity index is 2.18. The lowest BCUT2D eigenvalue weighted by Crippen LogP contribution is -2.23. The Morgan fingerprint density at radius 3 is 2.50 bits per heavy atom. The van der Waals surface area contributed by atoms with Crippen LogP contribution in [0.5, 0.6) is 0 Å². The summed E-state index contributed by atoms with van der Waals surface area (Å²) in [6, 6.07) is 3.71. The highest BCUT2D eigenvalue weighted by Crippen LogP contribution is 2.24. The van der Waals surface area contributed by atoms with Crippen molar-refractivity contribution in [3.05, 3.63) is 51.5 Å². The largest absolute Gasteiger partial charge is 0.309 e. The highest BCUT2D eigenvalue weighted by Gasteiger charge is 2.15. The van der Waals surface area contributed by atoms with Gasteiger partial charge in [-0.2, -0.15) is 0 Å². The predicted molar refractivity (Wildman–Crippen MR) is 77.9 cm³/mol. The zero-order chi connectivity index (χ0) is 14.5. The van der Waals surface area contributed by atoms with Crippen LogP contribution in [-0.4, -0.2) is 11.5 Å². The molecule has 0 bridgehead atoms. The Bertz CT molecular complexity index is 549. The molecule has 108 valence electrons. The lowest BCUT2D eigenvalue weighted by molar-refractivity contribution is 0.528. The normalized spacial score (nSPS) is 12.6. The molecule has 0 aliphatic carbocycles. The van der Waals surface area contributed by atoms with Crippen molar-refractivity contribution in [2.75, 3.05) is 6.54 Å². The van der Waals surface area contributed by atoms with E-state index in [0.29, 0.717) is 12.0 Å². The molecule has 2 aromatic rings. The smallest absolute Gasteiger partial charge is 0.126 e. The molecule has 1 aromatic heterocycles. The van der Waals surface area contributed by atoms with Crippen molar-refractivity contribution in [1.29, 1.82) is 0 Å². The van der Waals surface area contributed by atoms with Crippen LogP contribution in [0, 0.1) is 18.6 Å². The first kappa shape index (κ1) is 15.1. The van der Waals surface area contributed by atoms with Gasteiger partial charge in [0.1, 0.15) is 11.6 Å². The lowest BCUT2D eigenvalue weighted by atomic mass is 10.0. The molecule has 5 heteroatoms. The van der Waals surface area contributed by atoms with E-state index in [1.165, 1.54) is 12.1 Å². The molecule has 0 aliphatic rings. The number of halogens is 2. The van der Waals surface area contributed by atoms with Gasteiger partial charge in [0, 0.05) is 23.2 Å². The number of nitrogens with zero attached hydrogens (tertiary/aromatic N) is 1. The first-order valence-electron chi connectivity index (χ1n) is 6.69. The van der Waals surface area contributed by atoms with Crippen LogP contribution >= 0.6 is 11.3 Å². The van der Waals surface area contributed by atoms with Gasteiger partial charge in [-0.3, -0.25) is 0 Å². The van der Waals surface area contributed by atoms with E-state index in [9.17, 15) is 8.78 Å². The predicted octanol–water partition coefficient (Wildman–Crippen LogP) is 4.01. The molecule has 1 N–H and O–H groups in total. The van der Waals surface area contributed by atoms with Gasteiger partial charge in [-0.05, 0) is 44.0 Å².